The van der Waals surface area contributed by atoms with Crippen LogP contribution < -0.4 is 15.0 Å². The highest BCUT2D eigenvalue weighted by molar-refractivity contribution is 6.23. The summed E-state index contributed by atoms with van der Waals surface area (Å²) in [6, 6.07) is 19.2. The highest BCUT2D eigenvalue weighted by atomic mass is 19.1. The van der Waals surface area contributed by atoms with Crippen LogP contribution in [0.15, 0.2) is 72.9 Å². The van der Waals surface area contributed by atoms with Crippen molar-refractivity contribution in [2.45, 2.75) is 95.2 Å². The number of anilines is 2. The summed E-state index contributed by atoms with van der Waals surface area (Å²) in [6.45, 7) is 8.72. The third kappa shape index (κ3) is 9.76. The maximum Gasteiger partial charge on any atom is 0.262 e. The Hall–Kier alpha value is -6.26. The van der Waals surface area contributed by atoms with Gasteiger partial charge in [-0.3, -0.25) is 53.4 Å². The lowest BCUT2D eigenvalue weighted by molar-refractivity contribution is -0.149. The Morgan fingerprint density at radius 2 is 1.53 bits per heavy atom. The first-order chi connectivity index (χ1) is 33.9. The van der Waals surface area contributed by atoms with Crippen molar-refractivity contribution in [3.05, 3.63) is 95.4 Å². The van der Waals surface area contributed by atoms with Gasteiger partial charge in [0.25, 0.3) is 17.7 Å². The van der Waals surface area contributed by atoms with E-state index in [4.69, 9.17) is 4.74 Å². The molecule has 10 rings (SSSR count). The standard InChI is InChI=1S/C54H63FN8O7/c1-34(35-6-8-36(9-7-35)43-16-21-56-47-13-10-37(55)30-45(43)47)51(66)57-38-4-3-5-42(31-38)70-41-19-24-62(25-20-41)50(65)33-59-22-17-39(18-23-59)60-26-28-61(29-27-60)40-11-12-44-46(32-40)53(68)63(52(44)67)48-14-15-49(64)58(2)54(48)69/h3-5,10-13,16,21,30-32,34-36,39,41,48H,6-9,14-15,17-20,22-29,33H2,1-2H3,(H,57,66)/t34-,35-,36+,48?/m1/s1. The van der Waals surface area contributed by atoms with Gasteiger partial charge in [0.1, 0.15) is 23.7 Å². The van der Waals surface area contributed by atoms with Crippen molar-refractivity contribution in [2.24, 2.45) is 11.8 Å². The molecule has 1 unspecified atom stereocenters. The van der Waals surface area contributed by atoms with Gasteiger partial charge in [-0.2, -0.15) is 0 Å². The van der Waals surface area contributed by atoms with E-state index >= 15 is 0 Å². The highest BCUT2D eigenvalue weighted by Crippen LogP contribution is 2.41. The first kappa shape index (κ1) is 47.4. The second kappa shape index (κ2) is 20.2. The van der Waals surface area contributed by atoms with Crippen molar-refractivity contribution in [2.75, 3.05) is 76.2 Å². The molecule has 16 heteroatoms. The van der Waals surface area contributed by atoms with Gasteiger partial charge in [-0.15, -0.1) is 0 Å². The summed E-state index contributed by atoms with van der Waals surface area (Å²) >= 11 is 0. The van der Waals surface area contributed by atoms with Crippen LogP contribution in [-0.4, -0.2) is 149 Å². The van der Waals surface area contributed by atoms with Gasteiger partial charge in [-0.1, -0.05) is 13.0 Å². The van der Waals surface area contributed by atoms with E-state index in [2.05, 4.69) is 25.0 Å². The molecule has 70 heavy (non-hydrogen) atoms. The number of ether oxygens (including phenoxy) is 1. The molecule has 5 aliphatic heterocycles. The summed E-state index contributed by atoms with van der Waals surface area (Å²) in [6.07, 6.45) is 9.23. The predicted octanol–water partition coefficient (Wildman–Crippen LogP) is 6.32. The van der Waals surface area contributed by atoms with E-state index in [0.29, 0.717) is 54.2 Å². The number of piperidine rings is 3. The van der Waals surface area contributed by atoms with Crippen molar-refractivity contribution in [1.82, 2.24) is 29.5 Å². The molecule has 0 spiro atoms. The lowest BCUT2D eigenvalue weighted by atomic mass is 9.73. The Kier molecular flexibility index (Phi) is 13.7. The number of carbonyl (C=O) groups excluding carboxylic acids is 6. The van der Waals surface area contributed by atoms with Crippen LogP contribution in [0.4, 0.5) is 15.8 Å². The van der Waals surface area contributed by atoms with Gasteiger partial charge in [0.2, 0.25) is 17.7 Å². The zero-order valence-corrected chi connectivity index (χ0v) is 40.2. The van der Waals surface area contributed by atoms with E-state index < -0.39 is 23.8 Å². The number of likely N-dealkylation sites (tertiary alicyclic amines) is 3. The first-order valence-electron chi connectivity index (χ1n) is 25.3. The Bertz CT molecular complexity index is 2670. The molecular weight excluding hydrogens is 892 g/mol. The van der Waals surface area contributed by atoms with Gasteiger partial charge in [-0.05, 0) is 117 Å². The van der Waals surface area contributed by atoms with Crippen molar-refractivity contribution in [3.63, 3.8) is 0 Å². The first-order valence-corrected chi connectivity index (χ1v) is 25.3. The average Bonchev–Trinajstić information content (AvgIpc) is 3.63. The molecule has 6 amide bonds. The lowest BCUT2D eigenvalue weighted by Crippen LogP contribution is -2.54. The number of nitrogens with zero attached hydrogens (tertiary/aromatic N) is 7. The maximum absolute atomic E-state index is 14.1. The number of halogens is 1. The van der Waals surface area contributed by atoms with Crippen LogP contribution in [0.5, 0.6) is 5.75 Å². The van der Waals surface area contributed by atoms with E-state index in [9.17, 15) is 33.2 Å². The number of carbonyl (C=O) groups is 6. The topological polar surface area (TPSA) is 156 Å². The fourth-order valence-corrected chi connectivity index (χ4v) is 11.9. The summed E-state index contributed by atoms with van der Waals surface area (Å²) in [7, 11) is 1.39. The average molecular weight is 955 g/mol. The molecule has 1 N–H and O–H groups in total. The van der Waals surface area contributed by atoms with Crippen molar-refractivity contribution >= 4 is 57.7 Å². The molecule has 4 aromatic rings. The fraction of sp³-hybridized carbons (Fsp3) is 0.500. The molecule has 3 aromatic carbocycles. The van der Waals surface area contributed by atoms with Crippen LogP contribution in [0.25, 0.3) is 10.9 Å². The molecule has 1 aromatic heterocycles. The van der Waals surface area contributed by atoms with E-state index in [1.54, 1.807) is 30.5 Å². The summed E-state index contributed by atoms with van der Waals surface area (Å²) in [4.78, 5) is 94.1. The van der Waals surface area contributed by atoms with Crippen molar-refractivity contribution < 1.29 is 37.9 Å². The summed E-state index contributed by atoms with van der Waals surface area (Å²) in [5, 5.41) is 4.02. The number of hydrogen-bond donors (Lipinski definition) is 1. The number of hydrogen-bond acceptors (Lipinski definition) is 11. The van der Waals surface area contributed by atoms with Crippen LogP contribution >= 0.6 is 0 Å². The Balaban J connectivity index is 0.627. The van der Waals surface area contributed by atoms with Gasteiger partial charge in [-0.25, -0.2) is 4.39 Å². The smallest absolute Gasteiger partial charge is 0.262 e. The quantitative estimate of drug-likeness (QED) is 0.168. The molecule has 1 aliphatic carbocycles. The second-order valence-electron chi connectivity index (χ2n) is 20.3. The fourth-order valence-electron chi connectivity index (χ4n) is 11.9. The Morgan fingerprint density at radius 1 is 0.786 bits per heavy atom. The Labute approximate surface area is 408 Å². The number of nitrogens with one attached hydrogen (secondary N) is 1. The van der Waals surface area contributed by atoms with Crippen molar-refractivity contribution in [3.8, 4) is 5.75 Å². The van der Waals surface area contributed by atoms with E-state index in [0.717, 1.165) is 123 Å². The number of benzene rings is 3. The minimum Gasteiger partial charge on any atom is -0.490 e. The van der Waals surface area contributed by atoms with E-state index in [1.165, 1.54) is 13.1 Å². The molecule has 6 aliphatic rings. The van der Waals surface area contributed by atoms with Gasteiger partial charge in [0.15, 0.2) is 0 Å². The molecule has 2 atom stereocenters. The number of rotatable bonds is 11. The number of amides is 6. The zero-order chi connectivity index (χ0) is 48.6. The lowest BCUT2D eigenvalue weighted by Gasteiger charge is -2.43. The summed E-state index contributed by atoms with van der Waals surface area (Å²) in [5.41, 5.74) is 4.12. The third-order valence-corrected chi connectivity index (χ3v) is 16.2. The number of piperazine rings is 1. The molecule has 368 valence electrons. The van der Waals surface area contributed by atoms with E-state index in [1.807, 2.05) is 48.2 Å². The summed E-state index contributed by atoms with van der Waals surface area (Å²) in [5.74, 6) is -0.781. The molecule has 0 bridgehead atoms. The van der Waals surface area contributed by atoms with Crippen LogP contribution in [-0.2, 0) is 19.2 Å². The number of likely N-dealkylation sites (N-methyl/N-ethyl adjacent to an activating group) is 1. The van der Waals surface area contributed by atoms with Gasteiger partial charge < -0.3 is 19.9 Å². The van der Waals surface area contributed by atoms with Crippen LogP contribution in [0.2, 0.25) is 0 Å². The third-order valence-electron chi connectivity index (χ3n) is 16.2. The molecule has 6 heterocycles. The van der Waals surface area contributed by atoms with Gasteiger partial charge in [0.05, 0.1) is 23.2 Å². The monoisotopic (exact) mass is 954 g/mol. The molecule has 5 fully saturated rings. The zero-order valence-electron chi connectivity index (χ0n) is 40.2. The number of aromatic nitrogens is 1. The normalized spacial score (nSPS) is 23.8. The largest absolute Gasteiger partial charge is 0.490 e. The van der Waals surface area contributed by atoms with E-state index in [-0.39, 0.29) is 54.3 Å². The molecular formula is C54H63FN8O7. The molecule has 0 radical (unpaired) electrons. The number of fused-ring (bicyclic) bond motifs is 2. The minimum atomic E-state index is -0.971. The molecule has 1 saturated carbocycles. The highest BCUT2D eigenvalue weighted by Gasteiger charge is 2.46. The SMILES string of the molecule is C[C@@H](C(=O)Nc1cccc(OC2CCN(C(=O)CN3CCC(N4CCN(c5ccc6c(c5)C(=O)N(C5CCC(=O)N(C)C5=O)C6=O)CC4)CC3)CC2)c1)[C@H]1CC[C@@H](c2ccnc3ccc(F)cc32)CC1. The number of imide groups is 2. The van der Waals surface area contributed by atoms with Crippen molar-refractivity contribution in [1.29, 1.82) is 0 Å². The second-order valence-corrected chi connectivity index (χ2v) is 20.3. The molecule has 4 saturated heterocycles. The van der Waals surface area contributed by atoms with Gasteiger partial charge >= 0.3 is 0 Å². The molecule has 15 nitrogen and oxygen atoms in total. The number of pyridine rings is 1. The van der Waals surface area contributed by atoms with Crippen LogP contribution in [0.1, 0.15) is 103 Å². The summed E-state index contributed by atoms with van der Waals surface area (Å²) < 4.78 is 20.5. The predicted molar refractivity (Wildman–Crippen MR) is 262 cm³/mol. The van der Waals surface area contributed by atoms with Crippen LogP contribution in [0, 0.1) is 17.7 Å². The Morgan fingerprint density at radius 3 is 2.29 bits per heavy atom. The maximum atomic E-state index is 14.1. The van der Waals surface area contributed by atoms with Gasteiger partial charge in [0, 0.05) is 120 Å². The van der Waals surface area contributed by atoms with Crippen LogP contribution in [0.3, 0.4) is 0 Å². The minimum absolute atomic E-state index is 0.000817.